The quantitative estimate of drug-likeness (QED) is 0.745. The number of nitrogens with one attached hydrogen (secondary N) is 2. The highest BCUT2D eigenvalue weighted by Gasteiger charge is 2.20. The first-order valence-corrected chi connectivity index (χ1v) is 9.53. The normalized spacial score (nSPS) is 15.3. The van der Waals surface area contributed by atoms with Gasteiger partial charge >= 0.3 is 0 Å². The number of amides is 1. The molecule has 0 atom stereocenters. The Morgan fingerprint density at radius 1 is 1.22 bits per heavy atom. The van der Waals surface area contributed by atoms with Gasteiger partial charge in [0, 0.05) is 38.3 Å². The lowest BCUT2D eigenvalue weighted by Gasteiger charge is -2.32. The number of aromatic nitrogens is 2. The lowest BCUT2D eigenvalue weighted by atomic mass is 10.0. The van der Waals surface area contributed by atoms with Crippen LogP contribution in [-0.2, 0) is 4.79 Å². The molecule has 2 aromatic rings. The van der Waals surface area contributed by atoms with E-state index < -0.39 is 0 Å². The minimum Gasteiger partial charge on any atom is -0.492 e. The second-order valence-electron chi connectivity index (χ2n) is 6.60. The number of nitrogens with zero attached hydrogens (tertiary/aromatic N) is 3. The van der Waals surface area contributed by atoms with Gasteiger partial charge in [0.25, 0.3) is 0 Å². The molecule has 27 heavy (non-hydrogen) atoms. The highest BCUT2D eigenvalue weighted by Crippen LogP contribution is 2.23. The molecule has 0 unspecified atom stereocenters. The van der Waals surface area contributed by atoms with Crippen molar-refractivity contribution in [3.05, 3.63) is 42.6 Å². The molecular formula is C20H27N5O2. The van der Waals surface area contributed by atoms with E-state index in [0.29, 0.717) is 24.8 Å². The van der Waals surface area contributed by atoms with Gasteiger partial charge in [-0.05, 0) is 44.0 Å². The summed E-state index contributed by atoms with van der Waals surface area (Å²) in [5.74, 6) is 1.55. The van der Waals surface area contributed by atoms with E-state index >= 15 is 0 Å². The first kappa shape index (κ1) is 19.1. The highest BCUT2D eigenvalue weighted by molar-refractivity contribution is 5.92. The van der Waals surface area contributed by atoms with Gasteiger partial charge in [-0.15, -0.1) is 5.10 Å². The lowest BCUT2D eigenvalue weighted by molar-refractivity contribution is -0.116. The smallest absolute Gasteiger partial charge is 0.225 e. The molecule has 7 heteroatoms. The Hall–Kier alpha value is -2.67. The second kappa shape index (κ2) is 9.87. The highest BCUT2D eigenvalue weighted by atomic mass is 16.5. The zero-order valence-electron chi connectivity index (χ0n) is 15.7. The van der Waals surface area contributed by atoms with Gasteiger partial charge in [0.15, 0.2) is 0 Å². The van der Waals surface area contributed by atoms with E-state index in [2.05, 4.69) is 25.7 Å². The summed E-state index contributed by atoms with van der Waals surface area (Å²) < 4.78 is 5.55. The maximum absolute atomic E-state index is 12.3. The fourth-order valence-electron chi connectivity index (χ4n) is 3.21. The summed E-state index contributed by atoms with van der Waals surface area (Å²) >= 11 is 0. The number of piperidine rings is 1. The summed E-state index contributed by atoms with van der Waals surface area (Å²) in [5.41, 5.74) is 0.733. The van der Waals surface area contributed by atoms with E-state index in [1.807, 2.05) is 43.3 Å². The zero-order valence-corrected chi connectivity index (χ0v) is 15.7. The van der Waals surface area contributed by atoms with Crippen LogP contribution in [0.2, 0.25) is 0 Å². The SMILES string of the molecule is CCOc1ccccc1NC(=O)CCN1CCC(Nc2cccnn2)CC1. The van der Waals surface area contributed by atoms with Crippen LogP contribution in [0.3, 0.4) is 0 Å². The first-order valence-electron chi connectivity index (χ1n) is 9.53. The largest absolute Gasteiger partial charge is 0.492 e. The number of carbonyl (C=O) groups is 1. The third kappa shape index (κ3) is 5.92. The maximum atomic E-state index is 12.3. The van der Waals surface area contributed by atoms with Gasteiger partial charge in [-0.3, -0.25) is 4.79 Å². The van der Waals surface area contributed by atoms with Crippen molar-refractivity contribution in [3.8, 4) is 5.75 Å². The van der Waals surface area contributed by atoms with Gasteiger partial charge < -0.3 is 20.3 Å². The van der Waals surface area contributed by atoms with Crippen molar-refractivity contribution < 1.29 is 9.53 Å². The lowest BCUT2D eigenvalue weighted by Crippen LogP contribution is -2.40. The van der Waals surface area contributed by atoms with Gasteiger partial charge in [-0.2, -0.15) is 5.10 Å². The first-order chi connectivity index (χ1) is 13.2. The molecule has 7 nitrogen and oxygen atoms in total. The average Bonchev–Trinajstić information content (AvgIpc) is 2.70. The van der Waals surface area contributed by atoms with Crippen molar-refractivity contribution in [2.75, 3.05) is 36.9 Å². The molecule has 2 N–H and O–H groups in total. The zero-order chi connectivity index (χ0) is 18.9. The topological polar surface area (TPSA) is 79.4 Å². The fourth-order valence-corrected chi connectivity index (χ4v) is 3.21. The monoisotopic (exact) mass is 369 g/mol. The molecule has 1 aromatic heterocycles. The van der Waals surface area contributed by atoms with Gasteiger partial charge in [0.1, 0.15) is 11.6 Å². The van der Waals surface area contributed by atoms with E-state index in [1.165, 1.54) is 0 Å². The van der Waals surface area contributed by atoms with Crippen LogP contribution >= 0.6 is 0 Å². The summed E-state index contributed by atoms with van der Waals surface area (Å²) in [7, 11) is 0. The average molecular weight is 369 g/mol. The molecule has 1 amide bonds. The van der Waals surface area contributed by atoms with Crippen LogP contribution < -0.4 is 15.4 Å². The van der Waals surface area contributed by atoms with Crippen LogP contribution in [0.15, 0.2) is 42.6 Å². The number of hydrogen-bond acceptors (Lipinski definition) is 6. The molecule has 144 valence electrons. The molecule has 1 aliphatic heterocycles. The minimum atomic E-state index is 0.0157. The Kier molecular flexibility index (Phi) is 6.98. The summed E-state index contributed by atoms with van der Waals surface area (Å²) in [6.45, 7) is 5.22. The van der Waals surface area contributed by atoms with Crippen LogP contribution in [0.4, 0.5) is 11.5 Å². The Morgan fingerprint density at radius 2 is 2.04 bits per heavy atom. The number of rotatable bonds is 8. The molecular weight excluding hydrogens is 342 g/mol. The molecule has 2 heterocycles. The predicted octanol–water partition coefficient (Wildman–Crippen LogP) is 2.78. The molecule has 1 aromatic carbocycles. The summed E-state index contributed by atoms with van der Waals surface area (Å²) in [4.78, 5) is 14.6. The fraction of sp³-hybridized carbons (Fsp3) is 0.450. The molecule has 0 radical (unpaired) electrons. The van der Waals surface area contributed by atoms with Crippen LogP contribution in [0.5, 0.6) is 5.75 Å². The molecule has 0 saturated carbocycles. The molecule has 0 bridgehead atoms. The molecule has 1 saturated heterocycles. The minimum absolute atomic E-state index is 0.0157. The van der Waals surface area contributed by atoms with Crippen LogP contribution in [0.1, 0.15) is 26.2 Å². The van der Waals surface area contributed by atoms with Gasteiger partial charge in [0.05, 0.1) is 12.3 Å². The summed E-state index contributed by atoms with van der Waals surface area (Å²) in [5, 5.41) is 14.3. The predicted molar refractivity (Wildman–Crippen MR) is 106 cm³/mol. The van der Waals surface area contributed by atoms with E-state index in [9.17, 15) is 4.79 Å². The van der Waals surface area contributed by atoms with Crippen molar-refractivity contribution >= 4 is 17.4 Å². The van der Waals surface area contributed by atoms with Crippen LogP contribution in [-0.4, -0.2) is 53.3 Å². The number of ether oxygens (including phenoxy) is 1. The summed E-state index contributed by atoms with van der Waals surface area (Å²) in [6, 6.07) is 11.8. The molecule has 0 aliphatic carbocycles. The van der Waals surface area contributed by atoms with E-state index in [0.717, 1.165) is 44.0 Å². The van der Waals surface area contributed by atoms with Crippen molar-refractivity contribution in [3.63, 3.8) is 0 Å². The number of benzene rings is 1. The van der Waals surface area contributed by atoms with Crippen molar-refractivity contribution in [1.29, 1.82) is 0 Å². The summed E-state index contributed by atoms with van der Waals surface area (Å²) in [6.07, 6.45) is 4.21. The van der Waals surface area contributed by atoms with Gasteiger partial charge in [0.2, 0.25) is 5.91 Å². The van der Waals surface area contributed by atoms with E-state index in [-0.39, 0.29) is 5.91 Å². The van der Waals surface area contributed by atoms with Crippen molar-refractivity contribution in [2.45, 2.75) is 32.2 Å². The Morgan fingerprint density at radius 3 is 2.78 bits per heavy atom. The Balaban J connectivity index is 1.39. The Labute approximate surface area is 160 Å². The molecule has 1 fully saturated rings. The van der Waals surface area contributed by atoms with Crippen molar-refractivity contribution in [1.82, 2.24) is 15.1 Å². The van der Waals surface area contributed by atoms with E-state index in [1.54, 1.807) is 6.20 Å². The number of carbonyl (C=O) groups excluding carboxylic acids is 1. The van der Waals surface area contributed by atoms with Crippen LogP contribution in [0, 0.1) is 0 Å². The van der Waals surface area contributed by atoms with Gasteiger partial charge in [-0.1, -0.05) is 12.1 Å². The second-order valence-corrected chi connectivity index (χ2v) is 6.60. The third-order valence-electron chi connectivity index (χ3n) is 4.63. The molecule has 3 rings (SSSR count). The third-order valence-corrected chi connectivity index (χ3v) is 4.63. The molecule has 1 aliphatic rings. The van der Waals surface area contributed by atoms with Crippen LogP contribution in [0.25, 0.3) is 0 Å². The number of hydrogen-bond donors (Lipinski definition) is 2. The van der Waals surface area contributed by atoms with Crippen molar-refractivity contribution in [2.24, 2.45) is 0 Å². The standard InChI is InChI=1S/C20H27N5O2/c1-2-27-18-7-4-3-6-17(18)23-20(26)11-15-25-13-9-16(10-14-25)22-19-8-5-12-21-24-19/h3-8,12,16H,2,9-11,13-15H2,1H3,(H,22,24)(H,23,26). The van der Waals surface area contributed by atoms with E-state index in [4.69, 9.17) is 4.74 Å². The van der Waals surface area contributed by atoms with Gasteiger partial charge in [-0.25, -0.2) is 0 Å². The number of anilines is 2. The molecule has 0 spiro atoms. The maximum Gasteiger partial charge on any atom is 0.225 e. The Bertz CT molecular complexity index is 717. The number of para-hydroxylation sites is 2. The number of likely N-dealkylation sites (tertiary alicyclic amines) is 1.